The highest BCUT2D eigenvalue weighted by Crippen LogP contribution is 2.33. The molecule has 0 radical (unpaired) electrons. The maximum atomic E-state index is 12.0. The fraction of sp³-hybridized carbons (Fsp3) is 0.167. The molecule has 26 heavy (non-hydrogen) atoms. The Kier molecular flexibility index (Phi) is 6.74. The predicted molar refractivity (Wildman–Crippen MR) is 101 cm³/mol. The minimum Gasteiger partial charge on any atom is -0.493 e. The van der Waals surface area contributed by atoms with E-state index in [1.807, 2.05) is 0 Å². The summed E-state index contributed by atoms with van der Waals surface area (Å²) in [5.41, 5.74) is 1.11. The maximum Gasteiger partial charge on any atom is 0.276 e. The number of nitrogens with one attached hydrogen (secondary N) is 1. The van der Waals surface area contributed by atoms with Gasteiger partial charge in [-0.1, -0.05) is 28.1 Å². The minimum atomic E-state index is -0.488. The lowest BCUT2D eigenvalue weighted by molar-refractivity contribution is -0.385. The molecule has 2 aromatic carbocycles. The van der Waals surface area contributed by atoms with Crippen LogP contribution in [-0.2, 0) is 11.3 Å². The minimum absolute atomic E-state index is 0.0563. The fourth-order valence-corrected chi connectivity index (χ4v) is 2.70. The molecular weight excluding hydrogens is 404 g/mol. The molecule has 0 atom stereocenters. The highest BCUT2D eigenvalue weighted by molar-refractivity contribution is 9.10. The molecule has 0 bridgehead atoms. The lowest BCUT2D eigenvalue weighted by Gasteiger charge is -2.12. The van der Waals surface area contributed by atoms with Crippen LogP contribution < -0.4 is 14.8 Å². The second kappa shape index (κ2) is 9.00. The number of nitrogens with zero attached hydrogens (tertiary/aromatic N) is 1. The molecule has 2 aromatic rings. The maximum absolute atomic E-state index is 12.0. The summed E-state index contributed by atoms with van der Waals surface area (Å²) in [5, 5.41) is 13.7. The molecular formula is C18H17BrN2O5. The molecule has 2 rings (SSSR count). The summed E-state index contributed by atoms with van der Waals surface area (Å²) in [5.74, 6) is 0.756. The van der Waals surface area contributed by atoms with E-state index in [-0.39, 0.29) is 18.1 Å². The van der Waals surface area contributed by atoms with E-state index in [9.17, 15) is 14.9 Å². The van der Waals surface area contributed by atoms with Crippen molar-refractivity contribution < 1.29 is 19.2 Å². The van der Waals surface area contributed by atoms with E-state index < -0.39 is 4.92 Å². The third-order valence-corrected chi connectivity index (χ3v) is 4.29. The van der Waals surface area contributed by atoms with Crippen LogP contribution in [0.4, 0.5) is 5.69 Å². The van der Waals surface area contributed by atoms with E-state index in [4.69, 9.17) is 9.47 Å². The average Bonchev–Trinajstić information content (AvgIpc) is 2.65. The Balaban J connectivity index is 2.07. The Morgan fingerprint density at radius 3 is 2.54 bits per heavy atom. The van der Waals surface area contributed by atoms with Gasteiger partial charge in [-0.15, -0.1) is 0 Å². The van der Waals surface area contributed by atoms with Gasteiger partial charge in [-0.2, -0.15) is 0 Å². The van der Waals surface area contributed by atoms with Crippen molar-refractivity contribution in [3.8, 4) is 11.5 Å². The number of nitro benzene ring substituents is 1. The van der Waals surface area contributed by atoms with Crippen molar-refractivity contribution in [1.29, 1.82) is 0 Å². The Morgan fingerprint density at radius 1 is 1.23 bits per heavy atom. The highest BCUT2D eigenvalue weighted by atomic mass is 79.9. The summed E-state index contributed by atoms with van der Waals surface area (Å²) in [6.07, 6.45) is 2.67. The van der Waals surface area contributed by atoms with Crippen LogP contribution in [-0.4, -0.2) is 25.1 Å². The highest BCUT2D eigenvalue weighted by Gasteiger charge is 2.11. The number of methoxy groups -OCH3 is 2. The van der Waals surface area contributed by atoms with Gasteiger partial charge in [-0.3, -0.25) is 14.9 Å². The summed E-state index contributed by atoms with van der Waals surface area (Å²) in [6, 6.07) is 9.72. The van der Waals surface area contributed by atoms with Crippen molar-refractivity contribution in [2.24, 2.45) is 0 Å². The number of halogens is 1. The first-order chi connectivity index (χ1) is 12.5. The van der Waals surface area contributed by atoms with Gasteiger partial charge in [0.25, 0.3) is 5.69 Å². The number of amides is 1. The molecule has 0 fully saturated rings. The Labute approximate surface area is 158 Å². The molecule has 7 nitrogen and oxygen atoms in total. The van der Waals surface area contributed by atoms with Crippen LogP contribution in [0, 0.1) is 10.1 Å². The van der Waals surface area contributed by atoms with Crippen molar-refractivity contribution >= 4 is 33.6 Å². The second-order valence-electron chi connectivity index (χ2n) is 5.17. The van der Waals surface area contributed by atoms with Gasteiger partial charge < -0.3 is 14.8 Å². The second-order valence-corrected chi connectivity index (χ2v) is 6.02. The molecule has 0 heterocycles. The number of carbonyl (C=O) groups excluding carboxylic acids is 1. The summed E-state index contributed by atoms with van der Waals surface area (Å²) in [6.45, 7) is 0.251. The van der Waals surface area contributed by atoms with Gasteiger partial charge in [0, 0.05) is 23.2 Å². The Hall–Kier alpha value is -2.87. The van der Waals surface area contributed by atoms with E-state index in [0.717, 1.165) is 10.0 Å². The predicted octanol–water partition coefficient (Wildman–Crippen LogP) is 3.70. The van der Waals surface area contributed by atoms with Crippen LogP contribution in [0.25, 0.3) is 6.08 Å². The van der Waals surface area contributed by atoms with Crippen molar-refractivity contribution in [3.05, 3.63) is 68.2 Å². The third kappa shape index (κ3) is 4.82. The van der Waals surface area contributed by atoms with Crippen molar-refractivity contribution in [2.75, 3.05) is 14.2 Å². The van der Waals surface area contributed by atoms with Gasteiger partial charge in [-0.05, 0) is 29.8 Å². The van der Waals surface area contributed by atoms with E-state index in [1.165, 1.54) is 25.3 Å². The van der Waals surface area contributed by atoms with Crippen molar-refractivity contribution in [2.45, 2.75) is 6.54 Å². The van der Waals surface area contributed by atoms with Crippen LogP contribution in [0.3, 0.4) is 0 Å². The van der Waals surface area contributed by atoms with E-state index in [0.29, 0.717) is 17.1 Å². The quantitative estimate of drug-likeness (QED) is 0.418. The van der Waals surface area contributed by atoms with E-state index >= 15 is 0 Å². The zero-order chi connectivity index (χ0) is 19.1. The molecule has 136 valence electrons. The molecule has 0 saturated carbocycles. The number of rotatable bonds is 7. The number of para-hydroxylation sites is 1. The Morgan fingerprint density at radius 2 is 1.88 bits per heavy atom. The molecule has 1 N–H and O–H groups in total. The number of ether oxygens (including phenoxy) is 2. The van der Waals surface area contributed by atoms with Gasteiger partial charge >= 0.3 is 0 Å². The molecule has 0 unspecified atom stereocenters. The van der Waals surface area contributed by atoms with Crippen molar-refractivity contribution in [1.82, 2.24) is 5.32 Å². The molecule has 8 heteroatoms. The zero-order valence-electron chi connectivity index (χ0n) is 14.2. The monoisotopic (exact) mass is 420 g/mol. The lowest BCUT2D eigenvalue weighted by Crippen LogP contribution is -2.20. The van der Waals surface area contributed by atoms with Gasteiger partial charge in [0.1, 0.15) is 0 Å². The molecule has 0 aromatic heterocycles. The lowest BCUT2D eigenvalue weighted by atomic mass is 10.1. The van der Waals surface area contributed by atoms with Gasteiger partial charge in [-0.25, -0.2) is 0 Å². The molecule has 0 aliphatic carbocycles. The summed E-state index contributed by atoms with van der Waals surface area (Å²) in [7, 11) is 3.07. The van der Waals surface area contributed by atoms with Gasteiger partial charge in [0.2, 0.25) is 5.91 Å². The first kappa shape index (κ1) is 19.5. The molecule has 0 aliphatic heterocycles. The summed E-state index contributed by atoms with van der Waals surface area (Å²) in [4.78, 5) is 22.5. The molecule has 0 saturated heterocycles. The normalized spacial score (nSPS) is 10.6. The SMILES string of the molecule is COc1cc(Br)c(CNC(=O)/C=C/c2ccccc2[N+](=O)[O-])cc1OC. The van der Waals surface area contributed by atoms with Crippen LogP contribution in [0.15, 0.2) is 46.9 Å². The number of hydrogen-bond acceptors (Lipinski definition) is 5. The average molecular weight is 421 g/mol. The largest absolute Gasteiger partial charge is 0.493 e. The van der Waals surface area contributed by atoms with Crippen LogP contribution in [0.1, 0.15) is 11.1 Å². The molecule has 0 spiro atoms. The van der Waals surface area contributed by atoms with E-state index in [1.54, 1.807) is 37.4 Å². The smallest absolute Gasteiger partial charge is 0.276 e. The van der Waals surface area contributed by atoms with Crippen molar-refractivity contribution in [3.63, 3.8) is 0 Å². The Bertz CT molecular complexity index is 851. The van der Waals surface area contributed by atoms with Crippen LogP contribution >= 0.6 is 15.9 Å². The van der Waals surface area contributed by atoms with Gasteiger partial charge in [0.05, 0.1) is 24.7 Å². The third-order valence-electron chi connectivity index (χ3n) is 3.55. The fourth-order valence-electron chi connectivity index (χ4n) is 2.23. The number of carbonyl (C=O) groups is 1. The first-order valence-corrected chi connectivity index (χ1v) is 8.35. The summed E-state index contributed by atoms with van der Waals surface area (Å²) >= 11 is 3.42. The van der Waals surface area contributed by atoms with Crippen LogP contribution in [0.2, 0.25) is 0 Å². The van der Waals surface area contributed by atoms with Gasteiger partial charge in [0.15, 0.2) is 11.5 Å². The number of hydrogen-bond donors (Lipinski definition) is 1. The zero-order valence-corrected chi connectivity index (χ0v) is 15.8. The number of benzene rings is 2. The summed E-state index contributed by atoms with van der Waals surface area (Å²) < 4.78 is 11.2. The first-order valence-electron chi connectivity index (χ1n) is 7.56. The molecule has 1 amide bonds. The topological polar surface area (TPSA) is 90.7 Å². The van der Waals surface area contributed by atoms with Crippen LogP contribution in [0.5, 0.6) is 11.5 Å². The standard InChI is InChI=1S/C18H17BrN2O5/c1-25-16-9-13(14(19)10-17(16)26-2)11-20-18(22)8-7-12-5-3-4-6-15(12)21(23)24/h3-10H,11H2,1-2H3,(H,20,22)/b8-7+. The molecule has 0 aliphatic rings. The number of nitro groups is 1. The van der Waals surface area contributed by atoms with E-state index in [2.05, 4.69) is 21.2 Å².